The van der Waals surface area contributed by atoms with Crippen LogP contribution in [0.1, 0.15) is 39.7 Å². The Balaban J connectivity index is 1.52. The molecule has 2 aromatic carbocycles. The summed E-state index contributed by atoms with van der Waals surface area (Å²) in [4.78, 5) is 14.8. The summed E-state index contributed by atoms with van der Waals surface area (Å²) in [6, 6.07) is 19.2. The number of fused-ring (bicyclic) bond motifs is 1. The van der Waals surface area contributed by atoms with Crippen molar-refractivity contribution in [2.45, 2.75) is 26.4 Å². The Hall–Kier alpha value is -3.07. The molecule has 1 aliphatic heterocycles. The van der Waals surface area contributed by atoms with Gasteiger partial charge in [-0.05, 0) is 55.5 Å². The van der Waals surface area contributed by atoms with E-state index in [0.29, 0.717) is 35.2 Å². The van der Waals surface area contributed by atoms with Gasteiger partial charge in [-0.1, -0.05) is 48.5 Å². The number of amides is 1. The molecule has 0 aliphatic carbocycles. The number of furan rings is 1. The van der Waals surface area contributed by atoms with Crippen LogP contribution in [-0.2, 0) is 24.2 Å². The monoisotopic (exact) mass is 479 g/mol. The van der Waals surface area contributed by atoms with Crippen LogP contribution in [0.25, 0.3) is 0 Å². The van der Waals surface area contributed by atoms with E-state index >= 15 is 0 Å². The molecule has 1 aliphatic rings. The molecule has 33 heavy (non-hydrogen) atoms. The minimum Gasteiger partial charge on any atom is -0.483 e. The maximum absolute atomic E-state index is 12.5. The van der Waals surface area contributed by atoms with Crippen LogP contribution in [-0.4, -0.2) is 34.1 Å². The van der Waals surface area contributed by atoms with Crippen molar-refractivity contribution in [3.63, 3.8) is 0 Å². The quantitative estimate of drug-likeness (QED) is 0.498. The molecule has 0 saturated heterocycles. The third-order valence-electron chi connectivity index (χ3n) is 5.35. The van der Waals surface area contributed by atoms with Crippen molar-refractivity contribution >= 4 is 46.4 Å². The normalized spacial score (nSPS) is 13.1. The average molecular weight is 480 g/mol. The molecular weight excluding hydrogens is 454 g/mol. The highest BCUT2D eigenvalue weighted by molar-refractivity contribution is 7.80. The molecule has 0 atom stereocenters. The van der Waals surface area contributed by atoms with Crippen molar-refractivity contribution in [1.82, 2.24) is 10.2 Å². The summed E-state index contributed by atoms with van der Waals surface area (Å²) in [5.74, 6) is 0.930. The third kappa shape index (κ3) is 5.65. The van der Waals surface area contributed by atoms with Crippen LogP contribution in [0.15, 0.2) is 65.1 Å². The lowest BCUT2D eigenvalue weighted by atomic mass is 10.0. The van der Waals surface area contributed by atoms with E-state index in [9.17, 15) is 4.79 Å². The summed E-state index contributed by atoms with van der Waals surface area (Å²) in [6.45, 7) is 4.70. The Morgan fingerprint density at radius 1 is 1.09 bits per heavy atom. The highest BCUT2D eigenvalue weighted by atomic mass is 32.1. The maximum Gasteiger partial charge on any atom is 0.257 e. The minimum atomic E-state index is -0.299. The van der Waals surface area contributed by atoms with Crippen molar-refractivity contribution in [2.75, 3.05) is 18.5 Å². The minimum absolute atomic E-state index is 0.136. The number of ether oxygens (including phenoxy) is 1. The number of nitrogens with one attached hydrogen (secondary N) is 2. The molecule has 1 amide bonds. The van der Waals surface area contributed by atoms with Gasteiger partial charge in [-0.15, -0.1) is 0 Å². The summed E-state index contributed by atoms with van der Waals surface area (Å²) >= 11 is 10.9. The van der Waals surface area contributed by atoms with Gasteiger partial charge in [0.1, 0.15) is 5.76 Å². The molecule has 2 heterocycles. The van der Waals surface area contributed by atoms with E-state index in [1.165, 1.54) is 5.56 Å². The number of carbonyl (C=O) groups excluding carboxylic acids is 1. The summed E-state index contributed by atoms with van der Waals surface area (Å²) in [7, 11) is 0. The van der Waals surface area contributed by atoms with Crippen LogP contribution in [0.5, 0.6) is 0 Å². The van der Waals surface area contributed by atoms with Crippen molar-refractivity contribution < 1.29 is 13.9 Å². The zero-order valence-electron chi connectivity index (χ0n) is 18.3. The maximum atomic E-state index is 12.5. The molecule has 4 rings (SSSR count). The zero-order valence-corrected chi connectivity index (χ0v) is 19.9. The third-order valence-corrected chi connectivity index (χ3v) is 5.88. The van der Waals surface area contributed by atoms with Crippen molar-refractivity contribution in [2.24, 2.45) is 0 Å². The van der Waals surface area contributed by atoms with Gasteiger partial charge in [0.15, 0.2) is 10.2 Å². The average Bonchev–Trinajstić information content (AvgIpc) is 3.17. The van der Waals surface area contributed by atoms with Gasteiger partial charge >= 0.3 is 0 Å². The first kappa shape index (κ1) is 23.1. The Morgan fingerprint density at radius 3 is 2.48 bits per heavy atom. The fraction of sp³-hybridized carbons (Fsp3) is 0.240. The summed E-state index contributed by atoms with van der Waals surface area (Å²) < 4.78 is 11.8. The molecule has 0 radical (unpaired) electrons. The molecule has 0 saturated carbocycles. The van der Waals surface area contributed by atoms with Crippen LogP contribution in [0.4, 0.5) is 5.88 Å². The molecule has 0 unspecified atom stereocenters. The summed E-state index contributed by atoms with van der Waals surface area (Å²) in [5.41, 5.74) is 3.50. The van der Waals surface area contributed by atoms with E-state index in [2.05, 4.69) is 27.7 Å². The van der Waals surface area contributed by atoms with Crippen molar-refractivity contribution in [1.29, 1.82) is 0 Å². The molecule has 3 aromatic rings. The molecule has 170 valence electrons. The van der Waals surface area contributed by atoms with Crippen LogP contribution in [0, 0.1) is 0 Å². The van der Waals surface area contributed by atoms with E-state index < -0.39 is 0 Å². The fourth-order valence-corrected chi connectivity index (χ4v) is 4.36. The van der Waals surface area contributed by atoms with E-state index in [1.54, 1.807) is 24.3 Å². The van der Waals surface area contributed by atoms with Gasteiger partial charge in [-0.25, -0.2) is 0 Å². The summed E-state index contributed by atoms with van der Waals surface area (Å²) in [6.07, 6.45) is 0.777. The first-order valence-corrected chi connectivity index (χ1v) is 11.6. The molecule has 0 fully saturated rings. The zero-order chi connectivity index (χ0) is 23.2. The largest absolute Gasteiger partial charge is 0.483 e. The Kier molecular flexibility index (Phi) is 7.49. The second kappa shape index (κ2) is 10.7. The topological polar surface area (TPSA) is 66.7 Å². The molecule has 1 aromatic heterocycles. The first-order valence-electron chi connectivity index (χ1n) is 10.8. The number of hydrogen-bond donors (Lipinski definition) is 2. The van der Waals surface area contributed by atoms with Crippen molar-refractivity contribution in [3.05, 3.63) is 88.7 Å². The summed E-state index contributed by atoms with van der Waals surface area (Å²) in [5, 5.41) is 6.21. The number of rotatable bonds is 6. The van der Waals surface area contributed by atoms with Crippen LogP contribution in [0.2, 0.25) is 0 Å². The van der Waals surface area contributed by atoms with Gasteiger partial charge in [0, 0.05) is 24.2 Å². The Morgan fingerprint density at radius 2 is 1.79 bits per heavy atom. The van der Waals surface area contributed by atoms with Crippen LogP contribution < -0.4 is 10.6 Å². The fourth-order valence-electron chi connectivity index (χ4n) is 3.84. The van der Waals surface area contributed by atoms with Gasteiger partial charge in [-0.3, -0.25) is 15.0 Å². The number of hydrogen-bond acceptors (Lipinski definition) is 6. The standard InChI is InChI=1S/C25H25N3O3S2/c1-2-30-24(32)21-19-13-14-28(15-17-9-5-3-6-10-17)16-20(19)31-23(21)27-25(33)26-22(29)18-11-7-4-8-12-18/h3-12H,2,13-16H2,1H3,(H2,26,27,29,33). The van der Waals surface area contributed by atoms with Gasteiger partial charge < -0.3 is 14.5 Å². The van der Waals surface area contributed by atoms with E-state index in [-0.39, 0.29) is 11.0 Å². The molecule has 6 nitrogen and oxygen atoms in total. The molecular formula is C25H25N3O3S2. The second-order valence-electron chi connectivity index (χ2n) is 7.65. The lowest BCUT2D eigenvalue weighted by molar-refractivity contribution is 0.0977. The van der Waals surface area contributed by atoms with E-state index in [1.807, 2.05) is 31.2 Å². The van der Waals surface area contributed by atoms with Gasteiger partial charge in [0.2, 0.25) is 5.88 Å². The SMILES string of the molecule is CCOC(=S)c1c(NC(=S)NC(=O)c2ccccc2)oc2c1CCN(Cc1ccccc1)C2. The Labute approximate surface area is 203 Å². The van der Waals surface area contributed by atoms with Crippen LogP contribution in [0.3, 0.4) is 0 Å². The number of carbonyl (C=O) groups is 1. The Bertz CT molecular complexity index is 1150. The second-order valence-corrected chi connectivity index (χ2v) is 8.43. The number of benzene rings is 2. The van der Waals surface area contributed by atoms with Crippen LogP contribution >= 0.6 is 24.4 Å². The predicted molar refractivity (Wildman–Crippen MR) is 136 cm³/mol. The van der Waals surface area contributed by atoms with E-state index in [4.69, 9.17) is 33.6 Å². The number of anilines is 1. The molecule has 8 heteroatoms. The first-order chi connectivity index (χ1) is 16.0. The van der Waals surface area contributed by atoms with Crippen molar-refractivity contribution in [3.8, 4) is 0 Å². The number of thiocarbonyl (C=S) groups is 2. The highest BCUT2D eigenvalue weighted by Gasteiger charge is 2.29. The molecule has 0 spiro atoms. The predicted octanol–water partition coefficient (Wildman–Crippen LogP) is 4.68. The highest BCUT2D eigenvalue weighted by Crippen LogP contribution is 2.33. The van der Waals surface area contributed by atoms with Gasteiger partial charge in [0.25, 0.3) is 5.91 Å². The van der Waals surface area contributed by atoms with Gasteiger partial charge in [-0.2, -0.15) is 0 Å². The molecule has 0 bridgehead atoms. The lowest BCUT2D eigenvalue weighted by Gasteiger charge is -2.26. The smallest absolute Gasteiger partial charge is 0.257 e. The molecule has 2 N–H and O–H groups in total. The van der Waals surface area contributed by atoms with Gasteiger partial charge in [0.05, 0.1) is 18.7 Å². The lowest BCUT2D eigenvalue weighted by Crippen LogP contribution is -2.34. The van der Waals surface area contributed by atoms with E-state index in [0.717, 1.165) is 30.8 Å². The number of nitrogens with zero attached hydrogens (tertiary/aromatic N) is 1.